The maximum atomic E-state index is 10.9. The third-order valence-corrected chi connectivity index (χ3v) is 3.29. The van der Waals surface area contributed by atoms with Crippen LogP contribution in [0.3, 0.4) is 0 Å². The Morgan fingerprint density at radius 3 is 3.00 bits per heavy atom. The van der Waals surface area contributed by atoms with Crippen LogP contribution in [-0.2, 0) is 11.2 Å². The molecule has 0 saturated heterocycles. The number of carbonyl (C=O) groups excluding carboxylic acids is 1. The molecule has 78 valence electrons. The third-order valence-electron chi connectivity index (χ3n) is 2.23. The van der Waals surface area contributed by atoms with Crippen LogP contribution in [0.25, 0.3) is 10.1 Å². The Hall–Kier alpha value is -1.55. The van der Waals surface area contributed by atoms with Gasteiger partial charge in [-0.25, -0.2) is 0 Å². The summed E-state index contributed by atoms with van der Waals surface area (Å²) in [7, 11) is 1.64. The summed E-state index contributed by atoms with van der Waals surface area (Å²) in [6.45, 7) is 0. The molecule has 0 aliphatic carbocycles. The van der Waals surface area contributed by atoms with Gasteiger partial charge in [0.15, 0.2) is 0 Å². The van der Waals surface area contributed by atoms with Crippen molar-refractivity contribution in [2.24, 2.45) is 5.73 Å². The van der Waals surface area contributed by atoms with Gasteiger partial charge in [0.2, 0.25) is 5.91 Å². The summed E-state index contributed by atoms with van der Waals surface area (Å²) in [5, 5.41) is 3.01. The smallest absolute Gasteiger partial charge is 0.221 e. The first-order valence-electron chi connectivity index (χ1n) is 4.53. The first-order valence-corrected chi connectivity index (χ1v) is 5.41. The fraction of sp³-hybridized carbons (Fsp3) is 0.182. The van der Waals surface area contributed by atoms with Crippen LogP contribution in [-0.4, -0.2) is 13.0 Å². The Balaban J connectivity index is 2.55. The third kappa shape index (κ3) is 1.80. The van der Waals surface area contributed by atoms with Gasteiger partial charge in [-0.15, -0.1) is 11.3 Å². The lowest BCUT2D eigenvalue weighted by atomic mass is 10.1. The monoisotopic (exact) mass is 221 g/mol. The molecule has 0 aliphatic heterocycles. The summed E-state index contributed by atoms with van der Waals surface area (Å²) < 4.78 is 6.31. The van der Waals surface area contributed by atoms with E-state index in [0.717, 1.165) is 21.4 Å². The van der Waals surface area contributed by atoms with Crippen LogP contribution < -0.4 is 10.5 Å². The molecule has 2 N–H and O–H groups in total. The SMILES string of the molecule is COc1cccc2c(CC(N)=O)csc12. The number of fused-ring (bicyclic) bond motifs is 1. The van der Waals surface area contributed by atoms with Crippen LogP contribution in [0, 0.1) is 0 Å². The van der Waals surface area contributed by atoms with Crippen molar-refractivity contribution in [2.75, 3.05) is 7.11 Å². The molecule has 0 aliphatic rings. The van der Waals surface area contributed by atoms with Crippen LogP contribution >= 0.6 is 11.3 Å². The summed E-state index contributed by atoms with van der Waals surface area (Å²) in [4.78, 5) is 10.9. The Morgan fingerprint density at radius 2 is 2.33 bits per heavy atom. The van der Waals surface area contributed by atoms with Gasteiger partial charge >= 0.3 is 0 Å². The minimum Gasteiger partial charge on any atom is -0.495 e. The van der Waals surface area contributed by atoms with Crippen LogP contribution in [0.5, 0.6) is 5.75 Å². The largest absolute Gasteiger partial charge is 0.495 e. The molecular weight excluding hydrogens is 210 g/mol. The predicted molar refractivity (Wildman–Crippen MR) is 61.3 cm³/mol. The minimum absolute atomic E-state index is 0.285. The molecule has 1 aromatic heterocycles. The number of benzene rings is 1. The molecule has 0 spiro atoms. The minimum atomic E-state index is -0.308. The lowest BCUT2D eigenvalue weighted by Crippen LogP contribution is -2.13. The summed E-state index contributed by atoms with van der Waals surface area (Å²) in [5.74, 6) is 0.533. The first kappa shape index (κ1) is 9.98. The maximum absolute atomic E-state index is 10.9. The van der Waals surface area contributed by atoms with Crippen molar-refractivity contribution in [3.05, 3.63) is 29.1 Å². The fourth-order valence-corrected chi connectivity index (χ4v) is 2.63. The van der Waals surface area contributed by atoms with Gasteiger partial charge in [0.1, 0.15) is 5.75 Å². The molecule has 1 amide bonds. The lowest BCUT2D eigenvalue weighted by Gasteiger charge is -2.01. The number of amides is 1. The molecule has 0 saturated carbocycles. The second-order valence-electron chi connectivity index (χ2n) is 3.24. The van der Waals surface area contributed by atoms with E-state index in [0.29, 0.717) is 0 Å². The molecule has 2 rings (SSSR count). The number of nitrogens with two attached hydrogens (primary N) is 1. The Kier molecular flexibility index (Phi) is 2.60. The van der Waals surface area contributed by atoms with Crippen molar-refractivity contribution in [2.45, 2.75) is 6.42 Å². The van der Waals surface area contributed by atoms with E-state index in [1.165, 1.54) is 0 Å². The maximum Gasteiger partial charge on any atom is 0.221 e. The van der Waals surface area contributed by atoms with Crippen molar-refractivity contribution < 1.29 is 9.53 Å². The number of primary amides is 1. The summed E-state index contributed by atoms with van der Waals surface area (Å²) in [6, 6.07) is 5.80. The molecule has 15 heavy (non-hydrogen) atoms. The van der Waals surface area contributed by atoms with E-state index in [1.807, 2.05) is 23.6 Å². The van der Waals surface area contributed by atoms with Gasteiger partial charge in [-0.05, 0) is 22.4 Å². The van der Waals surface area contributed by atoms with Crippen molar-refractivity contribution in [3.63, 3.8) is 0 Å². The van der Waals surface area contributed by atoms with Gasteiger partial charge in [0, 0.05) is 0 Å². The van der Waals surface area contributed by atoms with Gasteiger partial charge < -0.3 is 10.5 Å². The van der Waals surface area contributed by atoms with E-state index in [9.17, 15) is 4.79 Å². The number of hydrogen-bond acceptors (Lipinski definition) is 3. The highest BCUT2D eigenvalue weighted by Gasteiger charge is 2.09. The Morgan fingerprint density at radius 1 is 1.53 bits per heavy atom. The molecule has 0 unspecified atom stereocenters. The van der Waals surface area contributed by atoms with Crippen molar-refractivity contribution in [1.82, 2.24) is 0 Å². The fourth-order valence-electron chi connectivity index (χ4n) is 1.57. The van der Waals surface area contributed by atoms with Gasteiger partial charge in [0.05, 0.1) is 18.2 Å². The molecule has 2 aromatic rings. The Bertz CT molecular complexity index is 504. The van der Waals surface area contributed by atoms with Crippen LogP contribution in [0.1, 0.15) is 5.56 Å². The lowest BCUT2D eigenvalue weighted by molar-refractivity contribution is -0.117. The highest BCUT2D eigenvalue weighted by molar-refractivity contribution is 7.17. The topological polar surface area (TPSA) is 52.3 Å². The zero-order valence-electron chi connectivity index (χ0n) is 8.32. The predicted octanol–water partition coefficient (Wildman–Crippen LogP) is 1.94. The molecule has 0 bridgehead atoms. The quantitative estimate of drug-likeness (QED) is 0.861. The van der Waals surface area contributed by atoms with Crippen molar-refractivity contribution >= 4 is 27.3 Å². The van der Waals surface area contributed by atoms with Crippen molar-refractivity contribution in [3.8, 4) is 5.75 Å². The normalized spacial score (nSPS) is 10.5. The van der Waals surface area contributed by atoms with E-state index >= 15 is 0 Å². The van der Waals surface area contributed by atoms with E-state index in [-0.39, 0.29) is 12.3 Å². The molecule has 1 heterocycles. The average molecular weight is 221 g/mol. The van der Waals surface area contributed by atoms with Gasteiger partial charge in [-0.2, -0.15) is 0 Å². The molecule has 0 fully saturated rings. The van der Waals surface area contributed by atoms with E-state index in [1.54, 1.807) is 18.4 Å². The van der Waals surface area contributed by atoms with E-state index in [4.69, 9.17) is 10.5 Å². The highest BCUT2D eigenvalue weighted by Crippen LogP contribution is 2.33. The Labute approximate surface area is 91.5 Å². The van der Waals surface area contributed by atoms with E-state index in [2.05, 4.69) is 0 Å². The van der Waals surface area contributed by atoms with Gasteiger partial charge in [-0.1, -0.05) is 12.1 Å². The number of thiophene rings is 1. The van der Waals surface area contributed by atoms with Gasteiger partial charge in [-0.3, -0.25) is 4.79 Å². The molecule has 1 aromatic carbocycles. The standard InChI is InChI=1S/C11H11NO2S/c1-14-9-4-2-3-8-7(5-10(12)13)6-15-11(8)9/h2-4,6H,5H2,1H3,(H2,12,13). The summed E-state index contributed by atoms with van der Waals surface area (Å²) in [5.41, 5.74) is 6.15. The summed E-state index contributed by atoms with van der Waals surface area (Å²) >= 11 is 1.57. The van der Waals surface area contributed by atoms with Crippen LogP contribution in [0.15, 0.2) is 23.6 Å². The number of rotatable bonds is 3. The van der Waals surface area contributed by atoms with Gasteiger partial charge in [0.25, 0.3) is 0 Å². The molecular formula is C11H11NO2S. The number of hydrogen-bond donors (Lipinski definition) is 1. The zero-order valence-corrected chi connectivity index (χ0v) is 9.14. The zero-order chi connectivity index (χ0) is 10.8. The first-order chi connectivity index (χ1) is 7.22. The summed E-state index contributed by atoms with van der Waals surface area (Å²) in [6.07, 6.45) is 0.285. The second kappa shape index (κ2) is 3.90. The number of ether oxygens (including phenoxy) is 1. The van der Waals surface area contributed by atoms with E-state index < -0.39 is 0 Å². The van der Waals surface area contributed by atoms with Crippen LogP contribution in [0.4, 0.5) is 0 Å². The number of carbonyl (C=O) groups is 1. The van der Waals surface area contributed by atoms with Crippen LogP contribution in [0.2, 0.25) is 0 Å². The molecule has 3 nitrogen and oxygen atoms in total. The second-order valence-corrected chi connectivity index (χ2v) is 4.12. The average Bonchev–Trinajstić information content (AvgIpc) is 2.61. The highest BCUT2D eigenvalue weighted by atomic mass is 32.1. The molecule has 0 radical (unpaired) electrons. The van der Waals surface area contributed by atoms with Crippen molar-refractivity contribution in [1.29, 1.82) is 0 Å². The molecule has 4 heteroatoms. The molecule has 0 atom stereocenters. The number of methoxy groups -OCH3 is 1.